The van der Waals surface area contributed by atoms with E-state index in [0.717, 1.165) is 17.7 Å². The maximum absolute atomic E-state index is 9.24. The molecule has 0 aliphatic heterocycles. The fourth-order valence-corrected chi connectivity index (χ4v) is 1.86. The topological polar surface area (TPSA) is 33.4 Å². The van der Waals surface area contributed by atoms with Crippen LogP contribution in [0.1, 0.15) is 37.5 Å². The van der Waals surface area contributed by atoms with Gasteiger partial charge in [0.1, 0.15) is 5.76 Å². The van der Waals surface area contributed by atoms with E-state index >= 15 is 0 Å². The van der Waals surface area contributed by atoms with Crippen molar-refractivity contribution >= 4 is 5.76 Å². The lowest BCUT2D eigenvalue weighted by Crippen LogP contribution is -1.90. The van der Waals surface area contributed by atoms with E-state index < -0.39 is 0 Å². The Morgan fingerprint density at radius 2 is 1.89 bits per heavy atom. The van der Waals surface area contributed by atoms with Gasteiger partial charge in [0, 0.05) is 5.56 Å². The van der Waals surface area contributed by atoms with E-state index in [0.29, 0.717) is 11.7 Å². The lowest BCUT2D eigenvalue weighted by Gasteiger charge is -2.08. The molecule has 18 heavy (non-hydrogen) atoms. The Hall–Kier alpha value is -1.96. The zero-order valence-corrected chi connectivity index (χ0v) is 10.8. The number of benzene rings is 1. The highest BCUT2D eigenvalue weighted by Gasteiger charge is 2.08. The smallest absolute Gasteiger partial charge is 0.168 e. The Kier molecular flexibility index (Phi) is 3.56. The van der Waals surface area contributed by atoms with E-state index in [-0.39, 0.29) is 5.76 Å². The van der Waals surface area contributed by atoms with Gasteiger partial charge in [0.25, 0.3) is 0 Å². The SMILES string of the molecule is C=C(O)c1ccc(-c2ccc(C(C)CC)cc2)o1. The highest BCUT2D eigenvalue weighted by molar-refractivity contribution is 5.61. The summed E-state index contributed by atoms with van der Waals surface area (Å²) in [5, 5.41) is 9.24. The molecular weight excluding hydrogens is 224 g/mol. The molecule has 1 aromatic carbocycles. The van der Waals surface area contributed by atoms with Crippen molar-refractivity contribution in [3.8, 4) is 11.3 Å². The molecule has 0 aliphatic rings. The van der Waals surface area contributed by atoms with Crippen molar-refractivity contribution in [3.63, 3.8) is 0 Å². The minimum absolute atomic E-state index is 0.0440. The van der Waals surface area contributed by atoms with Crippen LogP contribution in [-0.4, -0.2) is 5.11 Å². The van der Waals surface area contributed by atoms with Gasteiger partial charge < -0.3 is 9.52 Å². The van der Waals surface area contributed by atoms with Gasteiger partial charge in [0.05, 0.1) is 0 Å². The highest BCUT2D eigenvalue weighted by atomic mass is 16.4. The second-order valence-corrected chi connectivity index (χ2v) is 4.54. The molecule has 2 aromatic rings. The molecule has 0 amide bonds. The fourth-order valence-electron chi connectivity index (χ4n) is 1.86. The molecule has 2 rings (SSSR count). The van der Waals surface area contributed by atoms with Gasteiger partial charge in [0.2, 0.25) is 0 Å². The van der Waals surface area contributed by atoms with Gasteiger partial charge in [0.15, 0.2) is 11.5 Å². The molecule has 0 fully saturated rings. The Labute approximate surface area is 108 Å². The van der Waals surface area contributed by atoms with E-state index in [1.165, 1.54) is 5.56 Å². The first kappa shape index (κ1) is 12.5. The van der Waals surface area contributed by atoms with Crippen molar-refractivity contribution in [2.45, 2.75) is 26.2 Å². The van der Waals surface area contributed by atoms with Crippen molar-refractivity contribution in [3.05, 3.63) is 54.3 Å². The predicted octanol–water partition coefficient (Wildman–Crippen LogP) is 4.99. The first-order valence-corrected chi connectivity index (χ1v) is 6.20. The van der Waals surface area contributed by atoms with Gasteiger partial charge in [-0.2, -0.15) is 0 Å². The van der Waals surface area contributed by atoms with Crippen molar-refractivity contribution in [1.82, 2.24) is 0 Å². The van der Waals surface area contributed by atoms with Crippen LogP contribution in [0.25, 0.3) is 17.1 Å². The average Bonchev–Trinajstić information content (AvgIpc) is 2.88. The summed E-state index contributed by atoms with van der Waals surface area (Å²) in [5.41, 5.74) is 2.34. The third kappa shape index (κ3) is 2.48. The Morgan fingerprint density at radius 3 is 2.39 bits per heavy atom. The maximum atomic E-state index is 9.24. The van der Waals surface area contributed by atoms with Gasteiger partial charge in [-0.3, -0.25) is 0 Å². The van der Waals surface area contributed by atoms with Crippen LogP contribution in [0.2, 0.25) is 0 Å². The molecule has 0 radical (unpaired) electrons. The quantitative estimate of drug-likeness (QED) is 0.766. The largest absolute Gasteiger partial charge is 0.505 e. The van der Waals surface area contributed by atoms with Gasteiger partial charge in [-0.1, -0.05) is 44.7 Å². The molecule has 0 spiro atoms. The van der Waals surface area contributed by atoms with Crippen molar-refractivity contribution < 1.29 is 9.52 Å². The molecule has 1 N–H and O–H groups in total. The molecular formula is C16H18O2. The van der Waals surface area contributed by atoms with Gasteiger partial charge >= 0.3 is 0 Å². The third-order valence-corrected chi connectivity index (χ3v) is 3.27. The lowest BCUT2D eigenvalue weighted by molar-refractivity contribution is 0.465. The fraction of sp³-hybridized carbons (Fsp3) is 0.250. The maximum Gasteiger partial charge on any atom is 0.168 e. The number of hydrogen-bond acceptors (Lipinski definition) is 2. The second kappa shape index (κ2) is 5.13. The van der Waals surface area contributed by atoms with Crippen molar-refractivity contribution in [2.75, 3.05) is 0 Å². The second-order valence-electron chi connectivity index (χ2n) is 4.54. The zero-order valence-electron chi connectivity index (χ0n) is 10.8. The van der Waals surface area contributed by atoms with Gasteiger partial charge in [-0.05, 0) is 30.0 Å². The minimum Gasteiger partial charge on any atom is -0.505 e. The van der Waals surface area contributed by atoms with Crippen molar-refractivity contribution in [1.29, 1.82) is 0 Å². The number of aliphatic hydroxyl groups is 1. The van der Waals surface area contributed by atoms with Gasteiger partial charge in [-0.25, -0.2) is 0 Å². The zero-order chi connectivity index (χ0) is 13.1. The molecule has 0 aliphatic carbocycles. The van der Waals surface area contributed by atoms with E-state index in [4.69, 9.17) is 4.42 Å². The first-order chi connectivity index (χ1) is 8.61. The third-order valence-electron chi connectivity index (χ3n) is 3.27. The van der Waals surface area contributed by atoms with E-state index in [2.05, 4.69) is 32.6 Å². The molecule has 1 atom stereocenters. The van der Waals surface area contributed by atoms with Crippen LogP contribution >= 0.6 is 0 Å². The van der Waals surface area contributed by atoms with Crippen LogP contribution in [0.4, 0.5) is 0 Å². The molecule has 2 nitrogen and oxygen atoms in total. The van der Waals surface area contributed by atoms with E-state index in [1.54, 1.807) is 6.07 Å². The number of rotatable bonds is 4. The number of furan rings is 1. The van der Waals surface area contributed by atoms with Gasteiger partial charge in [-0.15, -0.1) is 0 Å². The summed E-state index contributed by atoms with van der Waals surface area (Å²) in [6.45, 7) is 7.85. The van der Waals surface area contributed by atoms with Crippen molar-refractivity contribution in [2.24, 2.45) is 0 Å². The molecule has 1 unspecified atom stereocenters. The summed E-state index contributed by atoms with van der Waals surface area (Å²) < 4.78 is 5.51. The molecule has 1 heterocycles. The molecule has 94 valence electrons. The average molecular weight is 242 g/mol. The summed E-state index contributed by atoms with van der Waals surface area (Å²) >= 11 is 0. The standard InChI is InChI=1S/C16H18O2/c1-4-11(2)13-5-7-14(8-6-13)16-10-9-15(18-16)12(3)17/h5-11,17H,3-4H2,1-2H3. The normalized spacial score (nSPS) is 12.3. The summed E-state index contributed by atoms with van der Waals surface area (Å²) in [5.74, 6) is 1.69. The van der Waals surface area contributed by atoms with Crippen LogP contribution in [-0.2, 0) is 0 Å². The Bertz CT molecular complexity index is 534. The molecule has 1 aromatic heterocycles. The van der Waals surface area contributed by atoms with E-state index in [1.807, 2.05) is 18.2 Å². The van der Waals surface area contributed by atoms with Crippen LogP contribution in [0.5, 0.6) is 0 Å². The monoisotopic (exact) mass is 242 g/mol. The number of hydrogen-bond donors (Lipinski definition) is 1. The number of aliphatic hydroxyl groups excluding tert-OH is 1. The Balaban J connectivity index is 2.25. The highest BCUT2D eigenvalue weighted by Crippen LogP contribution is 2.27. The summed E-state index contributed by atoms with van der Waals surface area (Å²) in [4.78, 5) is 0. The molecule has 2 heteroatoms. The minimum atomic E-state index is -0.0440. The van der Waals surface area contributed by atoms with Crippen LogP contribution < -0.4 is 0 Å². The van der Waals surface area contributed by atoms with Crippen LogP contribution in [0, 0.1) is 0 Å². The first-order valence-electron chi connectivity index (χ1n) is 6.20. The summed E-state index contributed by atoms with van der Waals surface area (Å²) in [6, 6.07) is 11.9. The lowest BCUT2D eigenvalue weighted by atomic mass is 9.97. The summed E-state index contributed by atoms with van der Waals surface area (Å²) in [7, 11) is 0. The summed E-state index contributed by atoms with van der Waals surface area (Å²) in [6.07, 6.45) is 1.13. The molecule has 0 saturated carbocycles. The molecule has 0 saturated heterocycles. The van der Waals surface area contributed by atoms with Crippen LogP contribution in [0.3, 0.4) is 0 Å². The predicted molar refractivity (Wildman–Crippen MR) is 74.5 cm³/mol. The van der Waals surface area contributed by atoms with E-state index in [9.17, 15) is 5.11 Å². The Morgan fingerprint density at radius 1 is 1.22 bits per heavy atom. The molecule has 0 bridgehead atoms. The van der Waals surface area contributed by atoms with Crippen LogP contribution in [0.15, 0.2) is 47.4 Å².